The molecule has 0 spiro atoms. The molecule has 2 aromatic heterocycles. The fourth-order valence-electron chi connectivity index (χ4n) is 1.32. The van der Waals surface area contributed by atoms with Crippen molar-refractivity contribution in [2.45, 2.75) is 26.9 Å². The van der Waals surface area contributed by atoms with Crippen LogP contribution in [0.4, 0.5) is 11.4 Å². The molecule has 114 valence electrons. The summed E-state index contributed by atoms with van der Waals surface area (Å²) >= 11 is 5.58. The standard InChI is InChI=1S/C5H6ClN3O2.C5H7N3O2/c1-2-8-5(6)4(3-7-8)9(10)11;1-2-7-4-5(3-6-7)8(9)10/h3H,2H2,1H3;3-4H,2H2,1H3. The average Bonchev–Trinajstić information content (AvgIpc) is 3.05. The molecule has 10 nitrogen and oxygen atoms in total. The summed E-state index contributed by atoms with van der Waals surface area (Å²) in [5.74, 6) is 0. The third kappa shape index (κ3) is 4.24. The second kappa shape index (κ2) is 7.33. The van der Waals surface area contributed by atoms with Crippen molar-refractivity contribution in [2.24, 2.45) is 0 Å². The molecule has 0 amide bonds. The molecule has 0 aliphatic rings. The number of aromatic nitrogens is 4. The number of hydrogen-bond acceptors (Lipinski definition) is 6. The third-order valence-corrected chi connectivity index (χ3v) is 2.80. The Hall–Kier alpha value is -2.49. The van der Waals surface area contributed by atoms with Crippen LogP contribution in [0.25, 0.3) is 0 Å². The maximum Gasteiger partial charge on any atom is 0.325 e. The molecule has 2 heterocycles. The lowest BCUT2D eigenvalue weighted by Gasteiger charge is -1.93. The maximum atomic E-state index is 10.2. The lowest BCUT2D eigenvalue weighted by molar-refractivity contribution is -0.385. The second-order valence-corrected chi connectivity index (χ2v) is 4.06. The number of nitrogens with zero attached hydrogens (tertiary/aromatic N) is 6. The summed E-state index contributed by atoms with van der Waals surface area (Å²) in [6.07, 6.45) is 3.79. The van der Waals surface area contributed by atoms with Gasteiger partial charge in [0.15, 0.2) is 0 Å². The Bertz CT molecular complexity index is 637. The Morgan fingerprint density at radius 1 is 1.14 bits per heavy atom. The number of nitro groups is 2. The number of rotatable bonds is 4. The van der Waals surface area contributed by atoms with Gasteiger partial charge in [-0.1, -0.05) is 11.6 Å². The van der Waals surface area contributed by atoms with Gasteiger partial charge < -0.3 is 0 Å². The van der Waals surface area contributed by atoms with Crippen molar-refractivity contribution in [3.05, 3.63) is 44.0 Å². The zero-order valence-corrected chi connectivity index (χ0v) is 12.1. The van der Waals surface area contributed by atoms with Crippen LogP contribution >= 0.6 is 11.6 Å². The van der Waals surface area contributed by atoms with Crippen molar-refractivity contribution in [3.63, 3.8) is 0 Å². The maximum absolute atomic E-state index is 10.2. The molecule has 0 fully saturated rings. The monoisotopic (exact) mass is 316 g/mol. The molecule has 11 heteroatoms. The van der Waals surface area contributed by atoms with Gasteiger partial charge in [0.1, 0.15) is 18.6 Å². The molecule has 0 bridgehead atoms. The van der Waals surface area contributed by atoms with E-state index in [1.165, 1.54) is 21.8 Å². The van der Waals surface area contributed by atoms with Crippen molar-refractivity contribution < 1.29 is 9.85 Å². The molecule has 0 aliphatic heterocycles. The summed E-state index contributed by atoms with van der Waals surface area (Å²) in [6, 6.07) is 0. The molecule has 0 atom stereocenters. The molecule has 2 aromatic rings. The zero-order chi connectivity index (χ0) is 16.0. The molecule has 0 saturated heterocycles. The van der Waals surface area contributed by atoms with Crippen LogP contribution in [0.15, 0.2) is 18.6 Å². The van der Waals surface area contributed by atoms with E-state index >= 15 is 0 Å². The lowest BCUT2D eigenvalue weighted by Crippen LogP contribution is -1.95. The molecule has 0 radical (unpaired) electrons. The number of aryl methyl sites for hydroxylation is 2. The first-order valence-corrected chi connectivity index (χ1v) is 6.31. The lowest BCUT2D eigenvalue weighted by atomic mass is 10.6. The van der Waals surface area contributed by atoms with Crippen molar-refractivity contribution >= 4 is 23.0 Å². The Morgan fingerprint density at radius 2 is 1.81 bits per heavy atom. The fraction of sp³-hybridized carbons (Fsp3) is 0.400. The molecule has 21 heavy (non-hydrogen) atoms. The van der Waals surface area contributed by atoms with Crippen molar-refractivity contribution in [3.8, 4) is 0 Å². The van der Waals surface area contributed by atoms with Crippen molar-refractivity contribution in [2.75, 3.05) is 0 Å². The van der Waals surface area contributed by atoms with E-state index in [9.17, 15) is 20.2 Å². The second-order valence-electron chi connectivity index (χ2n) is 3.70. The first kappa shape index (κ1) is 16.6. The highest BCUT2D eigenvalue weighted by molar-refractivity contribution is 6.31. The summed E-state index contributed by atoms with van der Waals surface area (Å²) in [5.41, 5.74) is -0.102. The summed E-state index contributed by atoms with van der Waals surface area (Å²) in [7, 11) is 0. The van der Waals surface area contributed by atoms with Gasteiger partial charge in [-0.15, -0.1) is 0 Å². The topological polar surface area (TPSA) is 122 Å². The molecule has 0 saturated carbocycles. The van der Waals surface area contributed by atoms with Crippen LogP contribution in [0.2, 0.25) is 5.15 Å². The number of halogens is 1. The molecule has 2 rings (SSSR count). The van der Waals surface area contributed by atoms with Crippen LogP contribution in [-0.2, 0) is 13.1 Å². The Balaban J connectivity index is 0.000000211. The molecular weight excluding hydrogens is 304 g/mol. The highest BCUT2D eigenvalue weighted by Gasteiger charge is 2.16. The van der Waals surface area contributed by atoms with Crippen molar-refractivity contribution in [1.29, 1.82) is 0 Å². The van der Waals surface area contributed by atoms with Gasteiger partial charge >= 0.3 is 11.4 Å². The van der Waals surface area contributed by atoms with E-state index in [1.54, 1.807) is 0 Å². The smallest absolute Gasteiger partial charge is 0.266 e. The van der Waals surface area contributed by atoms with Gasteiger partial charge in [-0.05, 0) is 13.8 Å². The Morgan fingerprint density at radius 3 is 2.10 bits per heavy atom. The van der Waals surface area contributed by atoms with E-state index in [-0.39, 0.29) is 16.5 Å². The normalized spacial score (nSPS) is 9.86. The summed E-state index contributed by atoms with van der Waals surface area (Å²) in [6.45, 7) is 4.87. The summed E-state index contributed by atoms with van der Waals surface area (Å²) in [5, 5.41) is 27.8. The quantitative estimate of drug-likeness (QED) is 0.629. The van der Waals surface area contributed by atoms with Crippen LogP contribution in [0.1, 0.15) is 13.8 Å². The van der Waals surface area contributed by atoms with E-state index in [4.69, 9.17) is 11.6 Å². The fourth-order valence-corrected chi connectivity index (χ4v) is 1.60. The van der Waals surface area contributed by atoms with Crippen LogP contribution < -0.4 is 0 Å². The SMILES string of the molecule is CCn1cc([N+](=O)[O-])cn1.CCn1ncc([N+](=O)[O-])c1Cl. The van der Waals surface area contributed by atoms with Crippen molar-refractivity contribution in [1.82, 2.24) is 19.6 Å². The predicted molar refractivity (Wildman–Crippen MR) is 74.1 cm³/mol. The molecule has 0 unspecified atom stereocenters. The zero-order valence-electron chi connectivity index (χ0n) is 11.3. The van der Waals surface area contributed by atoms with E-state index in [2.05, 4.69) is 10.2 Å². The molecule has 0 N–H and O–H groups in total. The Labute approximate surface area is 124 Å². The number of hydrogen-bond donors (Lipinski definition) is 0. The van der Waals surface area contributed by atoms with Gasteiger partial charge in [0.2, 0.25) is 5.15 Å². The first-order valence-electron chi connectivity index (χ1n) is 5.93. The summed E-state index contributed by atoms with van der Waals surface area (Å²) in [4.78, 5) is 19.3. The minimum Gasteiger partial charge on any atom is -0.266 e. The highest BCUT2D eigenvalue weighted by atomic mass is 35.5. The minimum absolute atomic E-state index is 0.0434. The van der Waals surface area contributed by atoms with Gasteiger partial charge in [0, 0.05) is 13.1 Å². The molecule has 0 aliphatic carbocycles. The van der Waals surface area contributed by atoms with Crippen LogP contribution in [0.5, 0.6) is 0 Å². The van der Waals surface area contributed by atoms with E-state index in [0.29, 0.717) is 13.1 Å². The van der Waals surface area contributed by atoms with E-state index < -0.39 is 9.85 Å². The first-order chi connectivity index (χ1) is 9.90. The average molecular weight is 317 g/mol. The molecule has 0 aromatic carbocycles. The van der Waals surface area contributed by atoms with E-state index in [0.717, 1.165) is 6.20 Å². The minimum atomic E-state index is -0.554. The van der Waals surface area contributed by atoms with E-state index in [1.807, 2.05) is 13.8 Å². The van der Waals surface area contributed by atoms with Crippen LogP contribution in [0.3, 0.4) is 0 Å². The largest absolute Gasteiger partial charge is 0.325 e. The third-order valence-electron chi connectivity index (χ3n) is 2.41. The summed E-state index contributed by atoms with van der Waals surface area (Å²) < 4.78 is 2.87. The van der Waals surface area contributed by atoms with Gasteiger partial charge in [0.05, 0.1) is 9.85 Å². The van der Waals surface area contributed by atoms with Gasteiger partial charge in [-0.2, -0.15) is 10.2 Å². The van der Waals surface area contributed by atoms with Crippen LogP contribution in [-0.4, -0.2) is 29.4 Å². The Kier molecular flexibility index (Phi) is 5.79. The van der Waals surface area contributed by atoms with Gasteiger partial charge in [-0.3, -0.25) is 24.9 Å². The highest BCUT2D eigenvalue weighted by Crippen LogP contribution is 2.22. The molecular formula is C10H13ClN6O4. The predicted octanol–water partition coefficient (Wildman–Crippen LogP) is 2.28. The van der Waals surface area contributed by atoms with Gasteiger partial charge in [0.25, 0.3) is 0 Å². The van der Waals surface area contributed by atoms with Gasteiger partial charge in [-0.25, -0.2) is 4.68 Å². The van der Waals surface area contributed by atoms with Crippen LogP contribution in [0, 0.1) is 20.2 Å².